The standard InChI is InChI=1S/C17H24N2O2/c1-2-9-18-15(13-6-5-10-20-12-13)11-17-19-14-7-3-4-8-16(14)21-17/h3-4,7-8,13,15,18H,2,5-6,9-12H2,1H3. The Balaban J connectivity index is 1.72. The normalized spacial score (nSPS) is 20.7. The van der Waals surface area contributed by atoms with E-state index in [9.17, 15) is 0 Å². The molecule has 0 spiro atoms. The fraction of sp³-hybridized carbons (Fsp3) is 0.588. The van der Waals surface area contributed by atoms with Crippen LogP contribution in [0.25, 0.3) is 11.1 Å². The highest BCUT2D eigenvalue weighted by Gasteiger charge is 2.25. The van der Waals surface area contributed by atoms with Gasteiger partial charge in [-0.15, -0.1) is 0 Å². The first-order valence-corrected chi connectivity index (χ1v) is 8.02. The Morgan fingerprint density at radius 1 is 1.38 bits per heavy atom. The van der Waals surface area contributed by atoms with E-state index >= 15 is 0 Å². The lowest BCUT2D eigenvalue weighted by Crippen LogP contribution is -2.42. The lowest BCUT2D eigenvalue weighted by atomic mass is 9.91. The lowest BCUT2D eigenvalue weighted by molar-refractivity contribution is 0.0385. The summed E-state index contributed by atoms with van der Waals surface area (Å²) in [5.41, 5.74) is 1.82. The number of hydrogen-bond donors (Lipinski definition) is 1. The molecule has 114 valence electrons. The van der Waals surface area contributed by atoms with Gasteiger partial charge in [0.2, 0.25) is 0 Å². The van der Waals surface area contributed by atoms with Crippen molar-refractivity contribution in [1.29, 1.82) is 0 Å². The lowest BCUT2D eigenvalue weighted by Gasteiger charge is -2.30. The number of fused-ring (bicyclic) bond motifs is 1. The van der Waals surface area contributed by atoms with Crippen molar-refractivity contribution in [2.24, 2.45) is 5.92 Å². The van der Waals surface area contributed by atoms with E-state index in [-0.39, 0.29) is 0 Å². The molecule has 1 aromatic carbocycles. The van der Waals surface area contributed by atoms with Crippen LogP contribution in [0.15, 0.2) is 28.7 Å². The molecule has 4 heteroatoms. The Morgan fingerprint density at radius 2 is 2.29 bits per heavy atom. The van der Waals surface area contributed by atoms with Gasteiger partial charge in [-0.05, 0) is 43.9 Å². The smallest absolute Gasteiger partial charge is 0.197 e. The highest BCUT2D eigenvalue weighted by molar-refractivity contribution is 5.72. The third-order valence-electron chi connectivity index (χ3n) is 4.15. The van der Waals surface area contributed by atoms with Crippen LogP contribution < -0.4 is 5.32 Å². The third-order valence-corrected chi connectivity index (χ3v) is 4.15. The van der Waals surface area contributed by atoms with Gasteiger partial charge < -0.3 is 14.5 Å². The number of ether oxygens (including phenoxy) is 1. The fourth-order valence-electron chi connectivity index (χ4n) is 3.01. The SMILES string of the molecule is CCCNC(Cc1nc2ccccc2o1)C1CCCOC1. The molecule has 1 aromatic heterocycles. The van der Waals surface area contributed by atoms with Gasteiger partial charge in [-0.3, -0.25) is 0 Å². The van der Waals surface area contributed by atoms with Crippen LogP contribution >= 0.6 is 0 Å². The van der Waals surface area contributed by atoms with Gasteiger partial charge in [0, 0.05) is 19.1 Å². The summed E-state index contributed by atoms with van der Waals surface area (Å²) in [4.78, 5) is 4.61. The molecule has 4 nitrogen and oxygen atoms in total. The first kappa shape index (κ1) is 14.5. The number of para-hydroxylation sites is 2. The van der Waals surface area contributed by atoms with E-state index in [1.807, 2.05) is 24.3 Å². The number of benzene rings is 1. The van der Waals surface area contributed by atoms with Crippen molar-refractivity contribution < 1.29 is 9.15 Å². The maximum atomic E-state index is 5.88. The summed E-state index contributed by atoms with van der Waals surface area (Å²) >= 11 is 0. The van der Waals surface area contributed by atoms with Crippen molar-refractivity contribution in [3.05, 3.63) is 30.2 Å². The number of nitrogens with zero attached hydrogens (tertiary/aromatic N) is 1. The molecule has 1 aliphatic heterocycles. The molecular formula is C17H24N2O2. The van der Waals surface area contributed by atoms with Crippen LogP contribution in [0.3, 0.4) is 0 Å². The molecule has 0 amide bonds. The Labute approximate surface area is 125 Å². The topological polar surface area (TPSA) is 47.3 Å². The van der Waals surface area contributed by atoms with E-state index < -0.39 is 0 Å². The molecule has 2 atom stereocenters. The van der Waals surface area contributed by atoms with Crippen molar-refractivity contribution in [2.45, 2.75) is 38.6 Å². The van der Waals surface area contributed by atoms with Crippen LogP contribution in [-0.2, 0) is 11.2 Å². The average Bonchev–Trinajstić information content (AvgIpc) is 2.94. The molecule has 0 aliphatic carbocycles. The van der Waals surface area contributed by atoms with Crippen molar-refractivity contribution in [1.82, 2.24) is 10.3 Å². The third kappa shape index (κ3) is 3.63. The van der Waals surface area contributed by atoms with Crippen molar-refractivity contribution in [2.75, 3.05) is 19.8 Å². The number of rotatable bonds is 6. The van der Waals surface area contributed by atoms with Gasteiger partial charge in [-0.25, -0.2) is 4.98 Å². The van der Waals surface area contributed by atoms with Gasteiger partial charge in [0.25, 0.3) is 0 Å². The van der Waals surface area contributed by atoms with E-state index in [1.165, 1.54) is 6.42 Å². The van der Waals surface area contributed by atoms with Crippen molar-refractivity contribution in [3.63, 3.8) is 0 Å². The monoisotopic (exact) mass is 288 g/mol. The van der Waals surface area contributed by atoms with Gasteiger partial charge in [0.15, 0.2) is 11.5 Å². The molecule has 21 heavy (non-hydrogen) atoms. The first-order chi connectivity index (χ1) is 10.4. The highest BCUT2D eigenvalue weighted by atomic mass is 16.5. The molecule has 1 aliphatic rings. The van der Waals surface area contributed by atoms with E-state index in [0.29, 0.717) is 12.0 Å². The highest BCUT2D eigenvalue weighted by Crippen LogP contribution is 2.22. The number of nitrogens with one attached hydrogen (secondary N) is 1. The average molecular weight is 288 g/mol. The Hall–Kier alpha value is -1.39. The summed E-state index contributed by atoms with van der Waals surface area (Å²) in [7, 11) is 0. The van der Waals surface area contributed by atoms with Gasteiger partial charge in [-0.1, -0.05) is 19.1 Å². The summed E-state index contributed by atoms with van der Waals surface area (Å²) in [5.74, 6) is 1.38. The van der Waals surface area contributed by atoms with E-state index in [2.05, 4.69) is 17.2 Å². The molecule has 3 rings (SSSR count). The Kier molecular flexibility index (Phi) is 4.88. The summed E-state index contributed by atoms with van der Waals surface area (Å²) in [5, 5.41) is 3.65. The summed E-state index contributed by atoms with van der Waals surface area (Å²) < 4.78 is 11.5. The predicted octanol–water partition coefficient (Wildman–Crippen LogP) is 3.17. The van der Waals surface area contributed by atoms with Crippen LogP contribution in [-0.4, -0.2) is 30.8 Å². The zero-order valence-electron chi connectivity index (χ0n) is 12.7. The minimum Gasteiger partial charge on any atom is -0.441 e. The van der Waals surface area contributed by atoms with Crippen LogP contribution in [0, 0.1) is 5.92 Å². The molecule has 1 fully saturated rings. The maximum Gasteiger partial charge on any atom is 0.197 e. The molecule has 1 N–H and O–H groups in total. The first-order valence-electron chi connectivity index (χ1n) is 8.02. The summed E-state index contributed by atoms with van der Waals surface area (Å²) in [6.45, 7) is 4.98. The molecule has 0 bridgehead atoms. The minimum atomic E-state index is 0.387. The van der Waals surface area contributed by atoms with Crippen LogP contribution in [0.5, 0.6) is 0 Å². The van der Waals surface area contributed by atoms with Gasteiger partial charge in [0.1, 0.15) is 5.52 Å². The van der Waals surface area contributed by atoms with Crippen molar-refractivity contribution in [3.8, 4) is 0 Å². The molecule has 1 saturated heterocycles. The summed E-state index contributed by atoms with van der Waals surface area (Å²) in [6.07, 6.45) is 4.35. The fourth-order valence-corrected chi connectivity index (χ4v) is 3.01. The predicted molar refractivity (Wildman–Crippen MR) is 83.3 cm³/mol. The van der Waals surface area contributed by atoms with Gasteiger partial charge >= 0.3 is 0 Å². The molecule has 2 aromatic rings. The number of aromatic nitrogens is 1. The number of oxazole rings is 1. The van der Waals surface area contributed by atoms with E-state index in [0.717, 1.165) is 56.0 Å². The zero-order chi connectivity index (χ0) is 14.5. The van der Waals surface area contributed by atoms with Gasteiger partial charge in [0.05, 0.1) is 6.61 Å². The molecule has 2 heterocycles. The second-order valence-electron chi connectivity index (χ2n) is 5.82. The van der Waals surface area contributed by atoms with Crippen LogP contribution in [0.2, 0.25) is 0 Å². The van der Waals surface area contributed by atoms with Gasteiger partial charge in [-0.2, -0.15) is 0 Å². The van der Waals surface area contributed by atoms with Crippen LogP contribution in [0.4, 0.5) is 0 Å². The Bertz CT molecular complexity index is 528. The molecule has 0 saturated carbocycles. The number of hydrogen-bond acceptors (Lipinski definition) is 4. The Morgan fingerprint density at radius 3 is 3.05 bits per heavy atom. The maximum absolute atomic E-state index is 5.88. The van der Waals surface area contributed by atoms with Crippen LogP contribution in [0.1, 0.15) is 32.1 Å². The second kappa shape index (κ2) is 7.05. The molecule has 0 radical (unpaired) electrons. The molecular weight excluding hydrogens is 264 g/mol. The summed E-state index contributed by atoms with van der Waals surface area (Å²) in [6, 6.07) is 8.35. The van der Waals surface area contributed by atoms with E-state index in [4.69, 9.17) is 9.15 Å². The molecule has 2 unspecified atom stereocenters. The minimum absolute atomic E-state index is 0.387. The largest absolute Gasteiger partial charge is 0.441 e. The quantitative estimate of drug-likeness (QED) is 0.887. The zero-order valence-corrected chi connectivity index (χ0v) is 12.7. The van der Waals surface area contributed by atoms with E-state index in [1.54, 1.807) is 0 Å². The van der Waals surface area contributed by atoms with Crippen molar-refractivity contribution >= 4 is 11.1 Å². The second-order valence-corrected chi connectivity index (χ2v) is 5.82.